The van der Waals surface area contributed by atoms with E-state index in [1.807, 2.05) is 65.3 Å². The second kappa shape index (κ2) is 8.59. The Bertz CT molecular complexity index is 954. The second-order valence-corrected chi connectivity index (χ2v) is 7.12. The molecule has 1 atom stereocenters. The lowest BCUT2D eigenvalue weighted by Gasteiger charge is -2.32. The number of piperazine rings is 1. The van der Waals surface area contributed by atoms with Gasteiger partial charge in [-0.2, -0.15) is 5.10 Å². The molecule has 1 aromatic heterocycles. The van der Waals surface area contributed by atoms with Crippen LogP contribution in [-0.4, -0.2) is 46.3 Å². The Morgan fingerprint density at radius 1 is 1.11 bits per heavy atom. The van der Waals surface area contributed by atoms with Gasteiger partial charge in [-0.15, -0.1) is 12.4 Å². The van der Waals surface area contributed by atoms with Crippen LogP contribution in [0.25, 0.3) is 22.4 Å². The lowest BCUT2D eigenvalue weighted by atomic mass is 9.99. The van der Waals surface area contributed by atoms with Gasteiger partial charge in [-0.05, 0) is 24.6 Å². The molecule has 3 aromatic rings. The molecule has 1 amide bonds. The summed E-state index contributed by atoms with van der Waals surface area (Å²) in [6, 6.07) is 18.4. The summed E-state index contributed by atoms with van der Waals surface area (Å²) in [4.78, 5) is 14.9. The third kappa shape index (κ3) is 4.11. The van der Waals surface area contributed by atoms with E-state index in [1.165, 1.54) is 0 Å². The Morgan fingerprint density at radius 3 is 2.61 bits per heavy atom. The second-order valence-electron chi connectivity index (χ2n) is 7.12. The molecule has 1 aliphatic heterocycles. The number of rotatable bonds is 3. The van der Waals surface area contributed by atoms with Gasteiger partial charge in [0, 0.05) is 55.6 Å². The molecule has 0 aliphatic carbocycles. The highest BCUT2D eigenvalue weighted by atomic mass is 35.5. The van der Waals surface area contributed by atoms with E-state index in [0.717, 1.165) is 47.6 Å². The van der Waals surface area contributed by atoms with E-state index in [0.29, 0.717) is 6.04 Å². The van der Waals surface area contributed by atoms with Gasteiger partial charge >= 0.3 is 0 Å². The molecule has 0 saturated carbocycles. The summed E-state index contributed by atoms with van der Waals surface area (Å²) in [7, 11) is 1.92. The van der Waals surface area contributed by atoms with Crippen molar-refractivity contribution in [2.24, 2.45) is 7.05 Å². The monoisotopic (exact) mass is 396 g/mol. The van der Waals surface area contributed by atoms with Crippen LogP contribution in [0.15, 0.2) is 60.8 Å². The normalized spacial score (nSPS) is 16.5. The molecule has 2 aromatic carbocycles. The summed E-state index contributed by atoms with van der Waals surface area (Å²) < 4.78 is 1.82. The minimum absolute atomic E-state index is 0. The number of aryl methyl sites for hydroxylation is 1. The van der Waals surface area contributed by atoms with Crippen LogP contribution in [0.5, 0.6) is 0 Å². The summed E-state index contributed by atoms with van der Waals surface area (Å²) >= 11 is 0. The zero-order valence-corrected chi connectivity index (χ0v) is 16.9. The van der Waals surface area contributed by atoms with Crippen LogP contribution in [0, 0.1) is 0 Å². The first-order chi connectivity index (χ1) is 13.1. The van der Waals surface area contributed by atoms with Crippen LogP contribution in [0.1, 0.15) is 17.3 Å². The maximum Gasteiger partial charge on any atom is 0.253 e. The Morgan fingerprint density at radius 2 is 1.86 bits per heavy atom. The van der Waals surface area contributed by atoms with Gasteiger partial charge in [0.1, 0.15) is 5.69 Å². The fourth-order valence-corrected chi connectivity index (χ4v) is 3.63. The Hall–Kier alpha value is -2.63. The first kappa shape index (κ1) is 20.1. The fourth-order valence-electron chi connectivity index (χ4n) is 3.63. The highest BCUT2D eigenvalue weighted by molar-refractivity contribution is 5.96. The zero-order chi connectivity index (χ0) is 18.8. The lowest BCUT2D eigenvalue weighted by Crippen LogP contribution is -2.51. The number of amides is 1. The van der Waals surface area contributed by atoms with Gasteiger partial charge in [0.05, 0.1) is 0 Å². The first-order valence-corrected chi connectivity index (χ1v) is 9.34. The number of halogens is 1. The quantitative estimate of drug-likeness (QED) is 0.735. The van der Waals surface area contributed by atoms with Crippen LogP contribution in [0.2, 0.25) is 0 Å². The van der Waals surface area contributed by atoms with Crippen molar-refractivity contribution in [3.63, 3.8) is 0 Å². The van der Waals surface area contributed by atoms with Gasteiger partial charge in [-0.1, -0.05) is 42.5 Å². The number of hydrogen-bond acceptors (Lipinski definition) is 3. The minimum atomic E-state index is 0. The largest absolute Gasteiger partial charge is 0.336 e. The van der Waals surface area contributed by atoms with E-state index >= 15 is 0 Å². The van der Waals surface area contributed by atoms with Crippen molar-refractivity contribution in [1.82, 2.24) is 20.0 Å². The molecule has 1 saturated heterocycles. The predicted octanol–water partition coefficient (Wildman–Crippen LogP) is 3.61. The summed E-state index contributed by atoms with van der Waals surface area (Å²) in [6.45, 7) is 4.44. The van der Waals surface area contributed by atoms with Crippen molar-refractivity contribution in [3.05, 3.63) is 66.4 Å². The molecular weight excluding hydrogens is 372 g/mol. The topological polar surface area (TPSA) is 50.2 Å². The van der Waals surface area contributed by atoms with E-state index in [4.69, 9.17) is 0 Å². The number of carbonyl (C=O) groups is 1. The molecule has 2 heterocycles. The zero-order valence-electron chi connectivity index (χ0n) is 16.1. The molecular formula is C22H25ClN4O. The van der Waals surface area contributed by atoms with Crippen molar-refractivity contribution in [1.29, 1.82) is 0 Å². The van der Waals surface area contributed by atoms with Gasteiger partial charge < -0.3 is 10.2 Å². The smallest absolute Gasteiger partial charge is 0.253 e. The van der Waals surface area contributed by atoms with E-state index in [2.05, 4.69) is 29.5 Å². The van der Waals surface area contributed by atoms with Crippen molar-refractivity contribution in [2.75, 3.05) is 19.6 Å². The number of nitrogens with zero attached hydrogens (tertiary/aromatic N) is 3. The molecule has 0 bridgehead atoms. The molecule has 1 unspecified atom stereocenters. The van der Waals surface area contributed by atoms with Crippen molar-refractivity contribution in [2.45, 2.75) is 13.0 Å². The lowest BCUT2D eigenvalue weighted by molar-refractivity contribution is 0.0709. The predicted molar refractivity (Wildman–Crippen MR) is 115 cm³/mol. The SMILES string of the molecule is CC1CN(C(=O)c2cccc(-c3cn(C)nc3-c3ccccc3)c2)CCN1.Cl. The summed E-state index contributed by atoms with van der Waals surface area (Å²) in [5.41, 5.74) is 4.77. The van der Waals surface area contributed by atoms with Gasteiger partial charge in [0.15, 0.2) is 0 Å². The summed E-state index contributed by atoms with van der Waals surface area (Å²) in [6.07, 6.45) is 2.01. The Labute approximate surface area is 171 Å². The van der Waals surface area contributed by atoms with Crippen LogP contribution < -0.4 is 5.32 Å². The summed E-state index contributed by atoms with van der Waals surface area (Å²) in [5.74, 6) is 0.0929. The molecule has 0 spiro atoms. The number of benzene rings is 2. The maximum atomic E-state index is 13.0. The Balaban J connectivity index is 0.00000225. The van der Waals surface area contributed by atoms with Gasteiger partial charge in [0.2, 0.25) is 0 Å². The number of nitrogens with one attached hydrogen (secondary N) is 1. The highest BCUT2D eigenvalue weighted by Crippen LogP contribution is 2.31. The number of aromatic nitrogens is 2. The minimum Gasteiger partial charge on any atom is -0.336 e. The van der Waals surface area contributed by atoms with Crippen LogP contribution >= 0.6 is 12.4 Å². The molecule has 146 valence electrons. The number of hydrogen-bond donors (Lipinski definition) is 1. The molecule has 1 N–H and O–H groups in total. The molecule has 28 heavy (non-hydrogen) atoms. The fraction of sp³-hybridized carbons (Fsp3) is 0.273. The van der Waals surface area contributed by atoms with E-state index in [-0.39, 0.29) is 18.3 Å². The van der Waals surface area contributed by atoms with E-state index in [9.17, 15) is 4.79 Å². The van der Waals surface area contributed by atoms with Crippen LogP contribution in [-0.2, 0) is 7.05 Å². The van der Waals surface area contributed by atoms with Crippen molar-refractivity contribution >= 4 is 18.3 Å². The van der Waals surface area contributed by atoms with Crippen LogP contribution in [0.4, 0.5) is 0 Å². The summed E-state index contributed by atoms with van der Waals surface area (Å²) in [5, 5.41) is 8.02. The molecule has 1 fully saturated rings. The van der Waals surface area contributed by atoms with Crippen LogP contribution in [0.3, 0.4) is 0 Å². The maximum absolute atomic E-state index is 13.0. The molecule has 0 radical (unpaired) electrons. The van der Waals surface area contributed by atoms with Gasteiger partial charge in [0.25, 0.3) is 5.91 Å². The third-order valence-corrected chi connectivity index (χ3v) is 4.95. The molecule has 5 nitrogen and oxygen atoms in total. The third-order valence-electron chi connectivity index (χ3n) is 4.95. The first-order valence-electron chi connectivity index (χ1n) is 9.34. The van der Waals surface area contributed by atoms with Gasteiger partial charge in [-0.3, -0.25) is 9.48 Å². The number of carbonyl (C=O) groups excluding carboxylic acids is 1. The van der Waals surface area contributed by atoms with Gasteiger partial charge in [-0.25, -0.2) is 0 Å². The van der Waals surface area contributed by atoms with E-state index in [1.54, 1.807) is 0 Å². The molecule has 1 aliphatic rings. The standard InChI is InChI=1S/C22H24N4O.ClH/c1-16-14-26(12-11-23-16)22(27)19-10-6-9-18(13-19)20-15-25(2)24-21(20)17-7-4-3-5-8-17;/h3-10,13,15-16,23H,11-12,14H2,1-2H3;1H. The highest BCUT2D eigenvalue weighted by Gasteiger charge is 2.22. The average molecular weight is 397 g/mol. The molecule has 6 heteroatoms. The van der Waals surface area contributed by atoms with Crippen molar-refractivity contribution in [3.8, 4) is 22.4 Å². The van der Waals surface area contributed by atoms with Crippen molar-refractivity contribution < 1.29 is 4.79 Å². The van der Waals surface area contributed by atoms with E-state index < -0.39 is 0 Å². The Kier molecular flexibility index (Phi) is 6.17. The molecule has 4 rings (SSSR count). The average Bonchev–Trinajstić information content (AvgIpc) is 3.10.